The minimum Gasteiger partial charge on any atom is -0.493 e. The van der Waals surface area contributed by atoms with Gasteiger partial charge in [0.25, 0.3) is 5.91 Å². The zero-order valence-electron chi connectivity index (χ0n) is 13.2. The van der Waals surface area contributed by atoms with Crippen LogP contribution < -0.4 is 20.1 Å². The maximum Gasteiger partial charge on any atom is 0.251 e. The van der Waals surface area contributed by atoms with Crippen LogP contribution in [-0.2, 0) is 0 Å². The number of amides is 1. The molecule has 1 amide bonds. The Morgan fingerprint density at radius 1 is 1.50 bits per heavy atom. The predicted molar refractivity (Wildman–Crippen MR) is 87.1 cm³/mol. The molecule has 1 heterocycles. The summed E-state index contributed by atoms with van der Waals surface area (Å²) in [4.78, 5) is 12.5. The monoisotopic (exact) mass is 326 g/mol. The molecule has 0 aliphatic carbocycles. The first-order valence-electron chi connectivity index (χ1n) is 7.58. The highest BCUT2D eigenvalue weighted by Crippen LogP contribution is 2.36. The summed E-state index contributed by atoms with van der Waals surface area (Å²) in [5.74, 6) is 1.24. The average molecular weight is 327 g/mol. The van der Waals surface area contributed by atoms with Gasteiger partial charge in [-0.15, -0.1) is 0 Å². The normalized spacial score (nSPS) is 21.3. The van der Waals surface area contributed by atoms with Gasteiger partial charge in [-0.05, 0) is 37.9 Å². The SMILES string of the molecule is CCOc1c(Cl)cc(C(=O)NC2CNCCC2C)cc1OC. The third-order valence-electron chi connectivity index (χ3n) is 3.92. The fourth-order valence-corrected chi connectivity index (χ4v) is 2.84. The van der Waals surface area contributed by atoms with Gasteiger partial charge in [-0.25, -0.2) is 0 Å². The molecule has 0 saturated carbocycles. The fraction of sp³-hybridized carbons (Fsp3) is 0.562. The van der Waals surface area contributed by atoms with E-state index < -0.39 is 0 Å². The summed E-state index contributed by atoms with van der Waals surface area (Å²) in [7, 11) is 1.53. The molecule has 2 unspecified atom stereocenters. The van der Waals surface area contributed by atoms with Gasteiger partial charge in [0, 0.05) is 18.2 Å². The summed E-state index contributed by atoms with van der Waals surface area (Å²) in [6.07, 6.45) is 1.05. The van der Waals surface area contributed by atoms with Crippen LogP contribution in [0.15, 0.2) is 12.1 Å². The standard InChI is InChI=1S/C16H23ClN2O3/c1-4-22-15-12(17)7-11(8-14(15)21-3)16(20)19-13-9-18-6-5-10(13)2/h7-8,10,13,18H,4-6,9H2,1-3H3,(H,19,20). The number of halogens is 1. The molecule has 22 heavy (non-hydrogen) atoms. The number of hydrogen-bond acceptors (Lipinski definition) is 4. The maximum atomic E-state index is 12.5. The topological polar surface area (TPSA) is 59.6 Å². The second-order valence-electron chi connectivity index (χ2n) is 5.47. The van der Waals surface area contributed by atoms with Crippen molar-refractivity contribution in [2.45, 2.75) is 26.3 Å². The first-order valence-corrected chi connectivity index (χ1v) is 7.96. The maximum absolute atomic E-state index is 12.5. The molecule has 1 aromatic rings. The number of carbonyl (C=O) groups excluding carboxylic acids is 1. The lowest BCUT2D eigenvalue weighted by Crippen LogP contribution is -2.50. The van der Waals surface area contributed by atoms with Gasteiger partial charge in [0.15, 0.2) is 11.5 Å². The van der Waals surface area contributed by atoms with Crippen molar-refractivity contribution in [3.05, 3.63) is 22.7 Å². The van der Waals surface area contributed by atoms with Crippen molar-refractivity contribution in [2.24, 2.45) is 5.92 Å². The Balaban J connectivity index is 2.17. The van der Waals surface area contributed by atoms with Crippen LogP contribution in [-0.4, -0.2) is 38.8 Å². The molecule has 1 aliphatic rings. The smallest absolute Gasteiger partial charge is 0.251 e. The summed E-state index contributed by atoms with van der Waals surface area (Å²) >= 11 is 6.21. The van der Waals surface area contributed by atoms with E-state index in [0.29, 0.717) is 34.6 Å². The average Bonchev–Trinajstić information content (AvgIpc) is 2.51. The number of benzene rings is 1. The number of carbonyl (C=O) groups is 1. The van der Waals surface area contributed by atoms with E-state index >= 15 is 0 Å². The first kappa shape index (κ1) is 16.9. The number of rotatable bonds is 5. The molecule has 2 N–H and O–H groups in total. The summed E-state index contributed by atoms with van der Waals surface area (Å²) in [5.41, 5.74) is 0.475. The third-order valence-corrected chi connectivity index (χ3v) is 4.21. The highest BCUT2D eigenvalue weighted by atomic mass is 35.5. The molecule has 6 heteroatoms. The van der Waals surface area contributed by atoms with Crippen LogP contribution in [0.3, 0.4) is 0 Å². The Bertz CT molecular complexity index is 536. The first-order chi connectivity index (χ1) is 10.6. The van der Waals surface area contributed by atoms with E-state index in [4.69, 9.17) is 21.1 Å². The van der Waals surface area contributed by atoms with Crippen molar-refractivity contribution in [3.63, 3.8) is 0 Å². The number of piperidine rings is 1. The molecule has 1 fully saturated rings. The lowest BCUT2D eigenvalue weighted by Gasteiger charge is -2.30. The molecule has 122 valence electrons. The van der Waals surface area contributed by atoms with Crippen LogP contribution in [0.4, 0.5) is 0 Å². The zero-order chi connectivity index (χ0) is 16.1. The zero-order valence-corrected chi connectivity index (χ0v) is 14.0. The Hall–Kier alpha value is -1.46. The third kappa shape index (κ3) is 3.84. The highest BCUT2D eigenvalue weighted by molar-refractivity contribution is 6.32. The molecule has 0 bridgehead atoms. The van der Waals surface area contributed by atoms with Gasteiger partial charge in [0.2, 0.25) is 0 Å². The van der Waals surface area contributed by atoms with Crippen molar-refractivity contribution in [1.29, 1.82) is 0 Å². The van der Waals surface area contributed by atoms with Crippen molar-refractivity contribution < 1.29 is 14.3 Å². The quantitative estimate of drug-likeness (QED) is 0.872. The van der Waals surface area contributed by atoms with Gasteiger partial charge in [0.1, 0.15) is 0 Å². The second kappa shape index (κ2) is 7.70. The molecule has 5 nitrogen and oxygen atoms in total. The van der Waals surface area contributed by atoms with Crippen LogP contribution in [0.1, 0.15) is 30.6 Å². The van der Waals surface area contributed by atoms with E-state index in [0.717, 1.165) is 19.5 Å². The van der Waals surface area contributed by atoms with Gasteiger partial charge in [-0.2, -0.15) is 0 Å². The molecule has 2 atom stereocenters. The van der Waals surface area contributed by atoms with Gasteiger partial charge < -0.3 is 20.1 Å². The molecule has 0 aromatic heterocycles. The van der Waals surface area contributed by atoms with Gasteiger partial charge in [-0.3, -0.25) is 4.79 Å². The van der Waals surface area contributed by atoms with Gasteiger partial charge in [0.05, 0.1) is 18.7 Å². The molecule has 2 rings (SSSR count). The predicted octanol–water partition coefficient (Wildman–Crippen LogP) is 2.48. The van der Waals surface area contributed by atoms with Gasteiger partial charge in [-0.1, -0.05) is 18.5 Å². The molecule has 0 radical (unpaired) electrons. The highest BCUT2D eigenvalue weighted by Gasteiger charge is 2.24. The summed E-state index contributed by atoms with van der Waals surface area (Å²) in [6.45, 7) is 6.28. The van der Waals surface area contributed by atoms with Crippen molar-refractivity contribution in [1.82, 2.24) is 10.6 Å². The minimum absolute atomic E-state index is 0.123. The second-order valence-corrected chi connectivity index (χ2v) is 5.88. The van der Waals surface area contributed by atoms with Crippen LogP contribution in [0, 0.1) is 5.92 Å². The summed E-state index contributed by atoms with van der Waals surface area (Å²) in [5, 5.41) is 6.73. The molecular formula is C16H23ClN2O3. The van der Waals surface area contributed by atoms with E-state index in [-0.39, 0.29) is 11.9 Å². The number of nitrogens with one attached hydrogen (secondary N) is 2. The van der Waals surface area contributed by atoms with Crippen molar-refractivity contribution in [2.75, 3.05) is 26.8 Å². The molecule has 0 spiro atoms. The Morgan fingerprint density at radius 2 is 2.27 bits per heavy atom. The van der Waals surface area contributed by atoms with Gasteiger partial charge >= 0.3 is 0 Å². The van der Waals surface area contributed by atoms with E-state index in [1.807, 2.05) is 6.92 Å². The number of methoxy groups -OCH3 is 1. The number of hydrogen-bond donors (Lipinski definition) is 2. The summed E-state index contributed by atoms with van der Waals surface area (Å²) in [6, 6.07) is 3.40. The molecule has 1 aliphatic heterocycles. The van der Waals surface area contributed by atoms with E-state index in [9.17, 15) is 4.79 Å². The van der Waals surface area contributed by atoms with Crippen molar-refractivity contribution in [3.8, 4) is 11.5 Å². The molecule has 1 aromatic carbocycles. The van der Waals surface area contributed by atoms with Crippen LogP contribution in [0.2, 0.25) is 5.02 Å². The lowest BCUT2D eigenvalue weighted by atomic mass is 9.94. The molecule has 1 saturated heterocycles. The Morgan fingerprint density at radius 3 is 2.91 bits per heavy atom. The van der Waals surface area contributed by atoms with Crippen molar-refractivity contribution >= 4 is 17.5 Å². The van der Waals surface area contributed by atoms with Crippen LogP contribution >= 0.6 is 11.6 Å². The fourth-order valence-electron chi connectivity index (χ4n) is 2.57. The summed E-state index contributed by atoms with van der Waals surface area (Å²) < 4.78 is 10.7. The lowest BCUT2D eigenvalue weighted by molar-refractivity contribution is 0.0915. The Labute approximate surface area is 136 Å². The van der Waals surface area contributed by atoms with E-state index in [1.165, 1.54) is 7.11 Å². The largest absolute Gasteiger partial charge is 0.493 e. The number of ether oxygens (including phenoxy) is 2. The van der Waals surface area contributed by atoms with E-state index in [2.05, 4.69) is 17.6 Å². The van der Waals surface area contributed by atoms with E-state index in [1.54, 1.807) is 12.1 Å². The minimum atomic E-state index is -0.149. The Kier molecular flexibility index (Phi) is 5.91. The van der Waals surface area contributed by atoms with Crippen LogP contribution in [0.5, 0.6) is 11.5 Å². The molecular weight excluding hydrogens is 304 g/mol. The van der Waals surface area contributed by atoms with Crippen LogP contribution in [0.25, 0.3) is 0 Å².